The van der Waals surface area contributed by atoms with Gasteiger partial charge in [0.1, 0.15) is 10.7 Å². The molecule has 7 heteroatoms. The maximum atomic E-state index is 12.9. The van der Waals surface area contributed by atoms with Crippen molar-refractivity contribution >= 4 is 40.8 Å². The number of anilines is 2. The molecule has 0 atom stereocenters. The second kappa shape index (κ2) is 8.09. The number of imide groups is 1. The van der Waals surface area contributed by atoms with Gasteiger partial charge in [0.05, 0.1) is 17.4 Å². The summed E-state index contributed by atoms with van der Waals surface area (Å²) in [7, 11) is 0. The number of ether oxygens (including phenoxy) is 1. The zero-order valence-corrected chi connectivity index (χ0v) is 17.3. The second-order valence-electron chi connectivity index (χ2n) is 7.08. The smallest absolute Gasteiger partial charge is 0.338 e. The quantitative estimate of drug-likeness (QED) is 0.585. The maximum Gasteiger partial charge on any atom is 0.338 e. The van der Waals surface area contributed by atoms with Crippen molar-refractivity contribution in [2.75, 3.05) is 10.2 Å². The molecule has 1 aliphatic rings. The van der Waals surface area contributed by atoms with Crippen molar-refractivity contribution < 1.29 is 19.1 Å². The van der Waals surface area contributed by atoms with E-state index in [1.165, 1.54) is 0 Å². The number of halogens is 1. The second-order valence-corrected chi connectivity index (χ2v) is 7.46. The van der Waals surface area contributed by atoms with Crippen LogP contribution < -0.4 is 10.2 Å². The Hall–Kier alpha value is -3.12. The molecule has 0 unspecified atom stereocenters. The van der Waals surface area contributed by atoms with E-state index in [4.69, 9.17) is 16.3 Å². The Kier molecular flexibility index (Phi) is 5.75. The Morgan fingerprint density at radius 3 is 2.28 bits per heavy atom. The fraction of sp³-hybridized carbons (Fsp3) is 0.227. The van der Waals surface area contributed by atoms with Gasteiger partial charge in [-0.05, 0) is 63.6 Å². The van der Waals surface area contributed by atoms with Gasteiger partial charge in [-0.15, -0.1) is 0 Å². The van der Waals surface area contributed by atoms with Crippen LogP contribution in [0.15, 0.2) is 53.2 Å². The Bertz CT molecular complexity index is 1030. The van der Waals surface area contributed by atoms with Crippen molar-refractivity contribution in [2.24, 2.45) is 0 Å². The van der Waals surface area contributed by atoms with Gasteiger partial charge in [0.2, 0.25) is 0 Å². The lowest BCUT2D eigenvalue weighted by Crippen LogP contribution is -2.32. The number of benzene rings is 2. The van der Waals surface area contributed by atoms with E-state index < -0.39 is 17.8 Å². The van der Waals surface area contributed by atoms with Crippen molar-refractivity contribution in [3.63, 3.8) is 0 Å². The van der Waals surface area contributed by atoms with Crippen LogP contribution in [0.25, 0.3) is 0 Å². The highest BCUT2D eigenvalue weighted by molar-refractivity contribution is 6.53. The Labute approximate surface area is 174 Å². The maximum absolute atomic E-state index is 12.9. The van der Waals surface area contributed by atoms with Crippen molar-refractivity contribution in [1.29, 1.82) is 0 Å². The Morgan fingerprint density at radius 1 is 1.03 bits per heavy atom. The minimum Gasteiger partial charge on any atom is -0.459 e. The van der Waals surface area contributed by atoms with Gasteiger partial charge in [0, 0.05) is 5.69 Å². The third-order valence-corrected chi connectivity index (χ3v) is 4.70. The molecule has 0 aromatic heterocycles. The standard InChI is InChI=1S/C22H21ClN2O4/c1-12(2)29-22(28)15-6-8-16(9-7-15)24-19-18(23)20(26)25(21(19)27)17-10-5-13(3)11-14(17)4/h5-12,24H,1-4H3. The van der Waals surface area contributed by atoms with Crippen LogP contribution in [-0.4, -0.2) is 23.9 Å². The number of carbonyl (C=O) groups excluding carboxylic acids is 3. The number of hydrogen-bond acceptors (Lipinski definition) is 5. The van der Waals surface area contributed by atoms with Crippen molar-refractivity contribution in [1.82, 2.24) is 0 Å². The molecule has 6 nitrogen and oxygen atoms in total. The van der Waals surface area contributed by atoms with Gasteiger partial charge in [-0.3, -0.25) is 9.59 Å². The van der Waals surface area contributed by atoms with Crippen LogP contribution in [0.3, 0.4) is 0 Å². The van der Waals surface area contributed by atoms with E-state index in [2.05, 4.69) is 5.32 Å². The summed E-state index contributed by atoms with van der Waals surface area (Å²) in [5.74, 6) is -1.55. The molecule has 29 heavy (non-hydrogen) atoms. The van der Waals surface area contributed by atoms with Crippen LogP contribution in [0.4, 0.5) is 11.4 Å². The minimum absolute atomic E-state index is 0.00542. The lowest BCUT2D eigenvalue weighted by atomic mass is 10.1. The average molecular weight is 413 g/mol. The molecule has 1 N–H and O–H groups in total. The van der Waals surface area contributed by atoms with Crippen LogP contribution >= 0.6 is 11.6 Å². The van der Waals surface area contributed by atoms with Crippen molar-refractivity contribution in [2.45, 2.75) is 33.8 Å². The molecule has 0 saturated carbocycles. The van der Waals surface area contributed by atoms with Gasteiger partial charge in [-0.25, -0.2) is 9.69 Å². The lowest BCUT2D eigenvalue weighted by Gasteiger charge is -2.18. The third-order valence-electron chi connectivity index (χ3n) is 4.35. The molecule has 1 heterocycles. The van der Waals surface area contributed by atoms with E-state index in [1.54, 1.807) is 44.2 Å². The first kappa shape index (κ1) is 20.6. The van der Waals surface area contributed by atoms with E-state index in [0.717, 1.165) is 16.0 Å². The van der Waals surface area contributed by atoms with Crippen LogP contribution in [-0.2, 0) is 14.3 Å². The molecular formula is C22H21ClN2O4. The minimum atomic E-state index is -0.580. The summed E-state index contributed by atoms with van der Waals surface area (Å²) in [5.41, 5.74) is 3.21. The summed E-state index contributed by atoms with van der Waals surface area (Å²) in [5, 5.41) is 2.71. The summed E-state index contributed by atoms with van der Waals surface area (Å²) in [4.78, 5) is 38.5. The first-order valence-corrected chi connectivity index (χ1v) is 9.50. The molecular weight excluding hydrogens is 392 g/mol. The van der Waals surface area contributed by atoms with Gasteiger partial charge >= 0.3 is 5.97 Å². The van der Waals surface area contributed by atoms with Crippen LogP contribution in [0.1, 0.15) is 35.3 Å². The monoisotopic (exact) mass is 412 g/mol. The molecule has 0 fully saturated rings. The molecule has 0 saturated heterocycles. The van der Waals surface area contributed by atoms with Crippen LogP contribution in [0, 0.1) is 13.8 Å². The summed E-state index contributed by atoms with van der Waals surface area (Å²) in [6, 6.07) is 11.8. The Morgan fingerprint density at radius 2 is 1.69 bits per heavy atom. The van der Waals surface area contributed by atoms with Gasteiger partial charge < -0.3 is 10.1 Å². The number of esters is 1. The van der Waals surface area contributed by atoms with Gasteiger partial charge in [0.25, 0.3) is 11.8 Å². The lowest BCUT2D eigenvalue weighted by molar-refractivity contribution is -0.120. The average Bonchev–Trinajstić information content (AvgIpc) is 2.86. The summed E-state index contributed by atoms with van der Waals surface area (Å²) >= 11 is 6.17. The number of carbonyl (C=O) groups is 3. The summed E-state index contributed by atoms with van der Waals surface area (Å²) < 4.78 is 5.15. The first-order valence-electron chi connectivity index (χ1n) is 9.13. The number of amides is 2. The molecule has 1 aliphatic heterocycles. The van der Waals surface area contributed by atoms with Gasteiger partial charge in [-0.2, -0.15) is 0 Å². The first-order chi connectivity index (χ1) is 13.7. The van der Waals surface area contributed by atoms with Gasteiger partial charge in [0.15, 0.2) is 0 Å². The topological polar surface area (TPSA) is 75.7 Å². The van der Waals surface area contributed by atoms with Crippen molar-refractivity contribution in [3.8, 4) is 0 Å². The molecule has 0 bridgehead atoms. The number of rotatable bonds is 5. The highest BCUT2D eigenvalue weighted by Crippen LogP contribution is 2.32. The molecule has 0 spiro atoms. The normalized spacial score (nSPS) is 14.1. The zero-order valence-electron chi connectivity index (χ0n) is 16.6. The van der Waals surface area contributed by atoms with Crippen molar-refractivity contribution in [3.05, 3.63) is 69.9 Å². The number of nitrogens with zero attached hydrogens (tertiary/aromatic N) is 1. The molecule has 3 rings (SSSR count). The molecule has 2 amide bonds. The molecule has 2 aromatic carbocycles. The number of hydrogen-bond donors (Lipinski definition) is 1. The largest absolute Gasteiger partial charge is 0.459 e. The third kappa shape index (κ3) is 4.17. The van der Waals surface area contributed by atoms with E-state index >= 15 is 0 Å². The zero-order chi connectivity index (χ0) is 21.3. The fourth-order valence-corrected chi connectivity index (χ4v) is 3.22. The summed E-state index contributed by atoms with van der Waals surface area (Å²) in [6.07, 6.45) is -0.220. The highest BCUT2D eigenvalue weighted by Gasteiger charge is 2.39. The SMILES string of the molecule is Cc1ccc(N2C(=O)C(Cl)=C(Nc3ccc(C(=O)OC(C)C)cc3)C2=O)c(C)c1. The summed E-state index contributed by atoms with van der Waals surface area (Å²) in [6.45, 7) is 7.31. The number of aryl methyl sites for hydroxylation is 2. The fourth-order valence-electron chi connectivity index (χ4n) is 3.00. The van der Waals surface area contributed by atoms with Crippen LogP contribution in [0.2, 0.25) is 0 Å². The Balaban J connectivity index is 1.81. The highest BCUT2D eigenvalue weighted by atomic mass is 35.5. The molecule has 150 valence electrons. The molecule has 0 radical (unpaired) electrons. The van der Waals surface area contributed by atoms with E-state index in [9.17, 15) is 14.4 Å². The predicted molar refractivity (Wildman–Crippen MR) is 112 cm³/mol. The molecule has 0 aliphatic carbocycles. The molecule has 2 aromatic rings. The van der Waals surface area contributed by atoms with E-state index in [0.29, 0.717) is 16.9 Å². The van der Waals surface area contributed by atoms with Crippen LogP contribution in [0.5, 0.6) is 0 Å². The number of nitrogens with one attached hydrogen (secondary N) is 1. The van der Waals surface area contributed by atoms with E-state index in [1.807, 2.05) is 26.0 Å². The predicted octanol–water partition coefficient (Wildman–Crippen LogP) is 4.30. The van der Waals surface area contributed by atoms with E-state index in [-0.39, 0.29) is 16.8 Å². The van der Waals surface area contributed by atoms with Gasteiger partial charge in [-0.1, -0.05) is 29.3 Å².